The number of nitrogens with two attached hydrogens (primary N) is 3. The number of cyclic esters (lactones) is 2. The van der Waals surface area contributed by atoms with Gasteiger partial charge in [0.25, 0.3) is 5.56 Å². The van der Waals surface area contributed by atoms with E-state index in [4.69, 9.17) is 82.2 Å². The molecule has 0 bridgehead atoms. The number of nitrogens with one attached hydrogen (secondary N) is 1. The maximum atomic E-state index is 13.4. The van der Waals surface area contributed by atoms with Crippen LogP contribution in [0, 0.1) is 55.3 Å². The fourth-order valence-electron chi connectivity index (χ4n) is 18.7. The molecule has 5 fully saturated rings. The van der Waals surface area contributed by atoms with Gasteiger partial charge in [0.15, 0.2) is 17.3 Å². The molecule has 3 spiro atoms. The molecule has 5 aromatic carbocycles. The van der Waals surface area contributed by atoms with Crippen LogP contribution < -0.4 is 51.6 Å². The molecule has 2 unspecified atom stereocenters. The van der Waals surface area contributed by atoms with Crippen molar-refractivity contribution in [2.45, 2.75) is 244 Å². The number of anilines is 3. The van der Waals surface area contributed by atoms with E-state index in [-0.39, 0.29) is 107 Å². The van der Waals surface area contributed by atoms with Crippen LogP contribution in [0.25, 0.3) is 0 Å². The summed E-state index contributed by atoms with van der Waals surface area (Å²) in [6.45, 7) is 19.3. The number of benzene rings is 5. The number of ketones is 1. The van der Waals surface area contributed by atoms with Gasteiger partial charge in [0, 0.05) is 17.4 Å². The summed E-state index contributed by atoms with van der Waals surface area (Å²) in [7, 11) is 14.8. The van der Waals surface area contributed by atoms with Gasteiger partial charge < -0.3 is 57.1 Å². The Balaban J connectivity index is 0.000000210. The number of aliphatic imine (C=N–C) groups is 1. The van der Waals surface area contributed by atoms with Crippen LogP contribution in [-0.2, 0) is 81.8 Å². The minimum atomic E-state index is -1.72. The Morgan fingerprint density at radius 2 is 1.05 bits per heavy atom. The minimum absolute atomic E-state index is 0. The van der Waals surface area contributed by atoms with Crippen molar-refractivity contribution in [3.05, 3.63) is 199 Å². The third kappa shape index (κ3) is 25.8. The van der Waals surface area contributed by atoms with Crippen molar-refractivity contribution in [1.29, 1.82) is 0 Å². The second-order valence-electron chi connectivity index (χ2n) is 34.3. The average Bonchev–Trinajstić information content (AvgIpc) is 1.68. The summed E-state index contributed by atoms with van der Waals surface area (Å²) in [5.74, 6) is 1.38. The first kappa shape index (κ1) is 100. The molecule has 9 aliphatic rings. The Hall–Kier alpha value is -7.65. The zero-order chi connectivity index (χ0) is 86.9. The van der Waals surface area contributed by atoms with Crippen LogP contribution >= 0.6 is 46.1 Å². The minimum Gasteiger partial charge on any atom is -0.727 e. The first-order valence-corrected chi connectivity index (χ1v) is 47.3. The van der Waals surface area contributed by atoms with Crippen LogP contribution in [-0.4, -0.2) is 122 Å². The van der Waals surface area contributed by atoms with Crippen LogP contribution in [0.5, 0.6) is 5.88 Å². The molecular formula is C92H119AlBrCl3LiN9O14. The van der Waals surface area contributed by atoms with Crippen molar-refractivity contribution in [3.63, 3.8) is 0 Å². The van der Waals surface area contributed by atoms with E-state index < -0.39 is 35.0 Å². The van der Waals surface area contributed by atoms with E-state index in [0.717, 1.165) is 100 Å². The van der Waals surface area contributed by atoms with E-state index in [1.807, 2.05) is 97.0 Å². The first-order chi connectivity index (χ1) is 56.4. The number of alkyl halides is 1. The van der Waals surface area contributed by atoms with Gasteiger partial charge >= 0.3 is 54.2 Å². The largest absolute Gasteiger partial charge is 1.00 e. The van der Waals surface area contributed by atoms with Gasteiger partial charge in [-0.15, -0.1) is 0 Å². The Bertz CT molecular complexity index is 4760. The van der Waals surface area contributed by atoms with Gasteiger partial charge in [-0.3, -0.25) is 28.8 Å². The number of fused-ring (bicyclic) bond motifs is 7. The number of nitrogens with zero attached hydrogens (tertiary/aromatic N) is 5. The number of amides is 2. The number of aryl methyl sites for hydroxylation is 5. The third-order valence-corrected chi connectivity index (χ3v) is 26.4. The molecule has 2 saturated heterocycles. The van der Waals surface area contributed by atoms with Crippen molar-refractivity contribution < 1.29 is 82.6 Å². The smallest absolute Gasteiger partial charge is 0.727 e. The summed E-state index contributed by atoms with van der Waals surface area (Å²) in [4.78, 5) is 101. The molecule has 3 aliphatic heterocycles. The molecule has 10 N–H and O–H groups in total. The van der Waals surface area contributed by atoms with Crippen LogP contribution in [0.15, 0.2) is 137 Å². The predicted molar refractivity (Wildman–Crippen MR) is 476 cm³/mol. The van der Waals surface area contributed by atoms with Crippen molar-refractivity contribution in [1.82, 2.24) is 24.8 Å². The molecule has 0 radical (unpaired) electrons. The van der Waals surface area contributed by atoms with Crippen molar-refractivity contribution in [2.75, 3.05) is 30.4 Å². The molecule has 5 atom stereocenters. The number of carbonyl (C=O) groups excluding carboxylic acids is 4. The van der Waals surface area contributed by atoms with Crippen molar-refractivity contribution >= 4 is 122 Å². The molecule has 2 amide bonds. The molecule has 648 valence electrons. The van der Waals surface area contributed by atoms with E-state index >= 15 is 0 Å². The molecule has 16 rings (SSSR count). The number of esters is 1. The Morgan fingerprint density at radius 3 is 1.49 bits per heavy atom. The second kappa shape index (κ2) is 44.8. The van der Waals surface area contributed by atoms with Gasteiger partial charge in [0.2, 0.25) is 11.8 Å². The molecule has 121 heavy (non-hydrogen) atoms. The van der Waals surface area contributed by atoms with Gasteiger partial charge in [-0.2, -0.15) is 4.98 Å². The number of aromatic nitrogens is 4. The van der Waals surface area contributed by atoms with Gasteiger partial charge in [0.1, 0.15) is 35.3 Å². The number of H-pyrrole nitrogens is 1. The molecule has 29 heteroatoms. The SMILES string of the molecule is C.CC(=O)C(C)(C)Br.C[C@@H](C(=O)N1C(=O)OCC1Cc1ccccc1)C1CCC2(CCc3ccccc32)CC1.C[C@@H](C(=O)O)C1CCC2(CCc3ccccc32)CC1.Cc1nc(N)c(N)c(=O)[nH]1.Cc1nc(N)c2c(n1)OC(C)(C)C(c1ccc3c(c1)CCC31CCC([C@@H](C)C(=O)O)CC1)=N2.O=C1CC(Cc2ccccc2)CO1.[Cl][Al]([Cl])[Cl].[Li+].[O-]O. The number of ether oxygens (including phenoxy) is 3. The fourth-order valence-corrected chi connectivity index (χ4v) is 18.7. The van der Waals surface area contributed by atoms with Crippen molar-refractivity contribution in [3.8, 4) is 5.88 Å². The molecule has 7 aromatic rings. The number of hydrogen-bond acceptors (Lipinski definition) is 19. The van der Waals surface area contributed by atoms with Crippen LogP contribution in [0.4, 0.5) is 27.8 Å². The zero-order valence-electron chi connectivity index (χ0n) is 70.9. The van der Waals surface area contributed by atoms with Crippen LogP contribution in [0.3, 0.4) is 0 Å². The van der Waals surface area contributed by atoms with E-state index in [2.05, 4.69) is 115 Å². The quantitative estimate of drug-likeness (QED) is 0.0196. The molecule has 23 nitrogen and oxygen atoms in total. The summed E-state index contributed by atoms with van der Waals surface area (Å²) >= 11 is 1.47. The standard InChI is InChI=1S/C27H31NO3.C26H32N4O3.C17H22O2.C11H12O2.C5H9BrO.C5H8N4O.CH4.Al.3ClH.Li.H2O2/c1-19(21-11-14-27(15-12-21)16-13-22-9-5-6-10-24(22)27)25(29)28-23(18-31-26(28)30)17-20-7-3-2-4-8-20;1-14(24(31)32)16-7-10-26(11-8-16)12-9-17-13-18(5-6-19(17)26)21-25(3,4)33-23-20(30-21)22(27)28-15(2)29-23;1-12(16(18)19)13-6-9-17(10-7-13)11-8-14-4-2-3-5-15(14)17;12-11-7-10(8-13-11)6-9-4-2-1-3-5-9;1-4(7)5(2,3)6;1-2-8-4(7)3(6)5(10)9-2;;;;;;;1-2/h2-10,19,21,23H,11-18H2,1H3;5-6,13-14,16H,7-12H2,1-4H3,(H,31,32)(H2,27,28,29);2-5,12-13H,6-11H2,1H3,(H,18,19);1-5,10H,6-8H2;1-3H3;6H2,1H3,(H3,7,8,9,10);1H4;;3*1H;;1-2H/q;;;;;;;+3;;;;+1;/p-4/t19-,21?,23?,27?;14-,16?,26?;12-,13?,17?;;;;;;;;;;/m111........../s1. The number of imide groups is 1. The number of hydrogen-bond donors (Lipinski definition) is 7. The normalized spacial score (nSPS) is 23.4. The van der Waals surface area contributed by atoms with Crippen molar-refractivity contribution in [2.24, 2.45) is 46.4 Å². The monoisotopic (exact) mass is 1790 g/mol. The number of aromatic amines is 1. The number of carbonyl (C=O) groups is 6. The first-order valence-electron chi connectivity index (χ1n) is 41.3. The molecule has 6 aliphatic carbocycles. The Kier molecular flexibility index (Phi) is 37.2. The number of Topliss-reactive ketones (excluding diaryl/α,β-unsaturated/α-hetero) is 1. The number of carboxylic acid groups (broad SMARTS) is 2. The van der Waals surface area contributed by atoms with E-state index in [0.29, 0.717) is 77.1 Å². The van der Waals surface area contributed by atoms with Crippen LogP contribution in [0.1, 0.15) is 227 Å². The van der Waals surface area contributed by atoms with E-state index in [9.17, 15) is 38.7 Å². The summed E-state index contributed by atoms with van der Waals surface area (Å²) in [6.07, 6.45) is 21.7. The summed E-state index contributed by atoms with van der Waals surface area (Å²) in [5.41, 5.74) is 30.1. The maximum absolute atomic E-state index is 13.4. The average molecular weight is 1800 g/mol. The van der Waals surface area contributed by atoms with E-state index in [1.165, 1.54) is 71.2 Å². The van der Waals surface area contributed by atoms with Crippen LogP contribution in [0.2, 0.25) is 0 Å². The van der Waals surface area contributed by atoms with Gasteiger partial charge in [0.05, 0.1) is 40.9 Å². The van der Waals surface area contributed by atoms with Gasteiger partial charge in [-0.05, 0) is 261 Å². The maximum Gasteiger partial charge on any atom is 1.00 e. The summed E-state index contributed by atoms with van der Waals surface area (Å²) in [6, 6.07) is 44.4. The predicted octanol–water partition coefficient (Wildman–Crippen LogP) is 14.8. The molecule has 3 saturated carbocycles. The Morgan fingerprint density at radius 1 is 0.620 bits per heavy atom. The third-order valence-electron chi connectivity index (χ3n) is 25.9. The molecule has 5 heterocycles. The summed E-state index contributed by atoms with van der Waals surface area (Å²) < 4.78 is 16.1. The number of carboxylic acids is 2. The fraction of sp³-hybridized carbons (Fsp3) is 0.511. The molecule has 2 aromatic heterocycles. The number of halogens is 4. The topological polar surface area (TPSA) is 379 Å². The zero-order valence-corrected chi connectivity index (χ0v) is 75.9. The second-order valence-corrected chi connectivity index (χ2v) is 42.7. The number of aliphatic carboxylic acids is 2. The number of rotatable bonds is 12. The van der Waals surface area contributed by atoms with E-state index in [1.54, 1.807) is 31.9 Å². The summed E-state index contributed by atoms with van der Waals surface area (Å²) in [5, 5.41) is 31.5. The van der Waals surface area contributed by atoms with Gasteiger partial charge in [-0.25, -0.2) is 54.8 Å². The Labute approximate surface area is 749 Å². The number of nitrogen functional groups attached to an aromatic ring is 3. The molecular weight excluding hydrogens is 1680 g/mol. The van der Waals surface area contributed by atoms with Gasteiger partial charge in [-0.1, -0.05) is 165 Å².